The van der Waals surface area contributed by atoms with Crippen molar-refractivity contribution in [3.05, 3.63) is 0 Å². The predicted octanol–water partition coefficient (Wildman–Crippen LogP) is 2.78. The van der Waals surface area contributed by atoms with E-state index in [1.807, 2.05) is 0 Å². The molecule has 0 bridgehead atoms. The van der Waals surface area contributed by atoms with E-state index in [0.717, 1.165) is 0 Å². The number of rotatable bonds is 2. The molecule has 56 valence electrons. The summed E-state index contributed by atoms with van der Waals surface area (Å²) in [5.74, 6) is 0. The summed E-state index contributed by atoms with van der Waals surface area (Å²) in [6.45, 7) is 0. The van der Waals surface area contributed by atoms with E-state index in [-0.39, 0.29) is 0 Å². The van der Waals surface area contributed by atoms with Crippen molar-refractivity contribution < 1.29 is 13.2 Å². The van der Waals surface area contributed by atoms with Gasteiger partial charge in [-0.15, -0.1) is 0 Å². The molecule has 0 radical (unpaired) electrons. The van der Waals surface area contributed by atoms with Gasteiger partial charge in [0.2, 0.25) is 0 Å². The normalized spacial score (nSPS) is 16.3. The van der Waals surface area contributed by atoms with Crippen LogP contribution in [0, 0.1) is 0 Å². The van der Waals surface area contributed by atoms with Crippen molar-refractivity contribution in [1.82, 2.24) is 0 Å². The molecule has 0 aromatic heterocycles. The van der Waals surface area contributed by atoms with Crippen molar-refractivity contribution in [3.63, 3.8) is 0 Å². The molecular weight excluding hydrogens is 306 g/mol. The molecule has 0 aromatic carbocycles. The van der Waals surface area contributed by atoms with Gasteiger partial charge in [-0.05, 0) is 0 Å². The zero-order valence-electron chi connectivity index (χ0n) is 3.92. The molecule has 0 saturated carbocycles. The van der Waals surface area contributed by atoms with Crippen LogP contribution in [-0.4, -0.2) is 25.6 Å². The molecule has 0 aliphatic heterocycles. The summed E-state index contributed by atoms with van der Waals surface area (Å²) >= 11 is -4.49. The van der Waals surface area contributed by atoms with E-state index >= 15 is 0 Å². The first kappa shape index (κ1) is 10.5. The number of hydrogen-bond acceptors (Lipinski definition) is 0. The van der Waals surface area contributed by atoms with Gasteiger partial charge in [-0.2, -0.15) is 0 Å². The second-order valence-electron chi connectivity index (χ2n) is 1.28. The molecule has 7 heteroatoms. The van der Waals surface area contributed by atoms with Crippen molar-refractivity contribution in [2.45, 2.75) is 10.6 Å². The summed E-state index contributed by atoms with van der Waals surface area (Å²) in [5.41, 5.74) is 0. The van der Waals surface area contributed by atoms with E-state index in [1.54, 1.807) is 0 Å². The Balaban J connectivity index is 3.88. The Morgan fingerprint density at radius 2 is 1.33 bits per heavy atom. The van der Waals surface area contributed by atoms with Gasteiger partial charge >= 0.3 is 65.5 Å². The summed E-state index contributed by atoms with van der Waals surface area (Å²) in [6, 6.07) is 0. The van der Waals surface area contributed by atoms with E-state index < -0.39 is 25.6 Å². The molecule has 9 heavy (non-hydrogen) atoms. The zero-order valence-corrected chi connectivity index (χ0v) is 9.04. The van der Waals surface area contributed by atoms with Crippen molar-refractivity contribution >= 4 is 41.8 Å². The molecule has 0 rings (SSSR count). The summed E-state index contributed by atoms with van der Waals surface area (Å²) in [6.07, 6.45) is -3.16. The molecule has 0 aromatic rings. The fourth-order valence-corrected chi connectivity index (χ4v) is 2.87. The average Bonchev–Trinajstić information content (AvgIpc) is 1.62. The molecule has 0 heterocycles. The number of alkyl halides is 3. The van der Waals surface area contributed by atoms with Crippen LogP contribution < -0.4 is 0 Å². The monoisotopic (exact) mass is 308 g/mol. The average molecular weight is 308 g/mol. The minimum atomic E-state index is -4.49. The van der Waals surface area contributed by atoms with Crippen LogP contribution in [0.25, 0.3) is 0 Å². The second kappa shape index (κ2) is 3.74. The third-order valence-electron chi connectivity index (χ3n) is 0.534. The van der Waals surface area contributed by atoms with E-state index in [0.29, 0.717) is 0 Å². The second-order valence-corrected chi connectivity index (χ2v) is 21.8. The third kappa shape index (κ3) is 4.01. The van der Waals surface area contributed by atoms with E-state index in [1.165, 1.54) is 0 Å². The molecule has 0 nitrogen and oxygen atoms in total. The molecule has 0 aliphatic rings. The molecule has 1 atom stereocenters. The van der Waals surface area contributed by atoms with Gasteiger partial charge in [0.25, 0.3) is 0 Å². The molecular formula is C2H2Cl3F3Sn. The van der Waals surface area contributed by atoms with Crippen LogP contribution in [0.5, 0.6) is 0 Å². The summed E-state index contributed by atoms with van der Waals surface area (Å²) < 4.78 is 32.2. The van der Waals surface area contributed by atoms with Crippen molar-refractivity contribution in [3.8, 4) is 0 Å². The van der Waals surface area contributed by atoms with Gasteiger partial charge in [0.05, 0.1) is 0 Å². The quantitative estimate of drug-likeness (QED) is 0.688. The van der Waals surface area contributed by atoms with Gasteiger partial charge in [-0.1, -0.05) is 0 Å². The Bertz CT molecular complexity index is 91.5. The van der Waals surface area contributed by atoms with Crippen molar-refractivity contribution in [1.29, 1.82) is 0 Å². The van der Waals surface area contributed by atoms with Crippen LogP contribution in [0.2, 0.25) is 0 Å². The topological polar surface area (TPSA) is 0 Å². The van der Waals surface area contributed by atoms with Crippen LogP contribution in [0.3, 0.4) is 0 Å². The Morgan fingerprint density at radius 1 is 1.00 bits per heavy atom. The van der Waals surface area contributed by atoms with Gasteiger partial charge in [-0.25, -0.2) is 0 Å². The molecule has 0 fully saturated rings. The fraction of sp³-hybridized carbons (Fsp3) is 1.00. The van der Waals surface area contributed by atoms with Gasteiger partial charge in [0, 0.05) is 0 Å². The van der Waals surface area contributed by atoms with Crippen molar-refractivity contribution in [2.75, 3.05) is 0 Å². The first-order chi connectivity index (χ1) is 3.85. The van der Waals surface area contributed by atoms with Gasteiger partial charge in [0.1, 0.15) is 0 Å². The van der Waals surface area contributed by atoms with E-state index in [4.69, 9.17) is 26.8 Å². The van der Waals surface area contributed by atoms with Crippen molar-refractivity contribution in [2.24, 2.45) is 0 Å². The molecule has 0 amide bonds. The summed E-state index contributed by atoms with van der Waals surface area (Å²) in [5, 5.41) is 0. The first-order valence-corrected chi connectivity index (χ1v) is 14.3. The molecule has 0 N–H and O–H groups in total. The van der Waals surface area contributed by atoms with Gasteiger partial charge < -0.3 is 0 Å². The standard InChI is InChI=1S/C2H2F3.3ClH.Sn/c3-1-2(4)5;;;;/h1-2H;3*1H;/q;;;;+3/p-3. The Labute approximate surface area is 65.3 Å². The maximum atomic E-state index is 12.0. The molecule has 0 saturated heterocycles. The Hall–Kier alpha value is 1.46. The number of hydrogen-bond donors (Lipinski definition) is 0. The van der Waals surface area contributed by atoms with Crippen LogP contribution >= 0.6 is 26.8 Å². The fourth-order valence-electron chi connectivity index (χ4n) is 0.143. The molecule has 1 unspecified atom stereocenters. The predicted molar refractivity (Wildman–Crippen MR) is 34.2 cm³/mol. The van der Waals surface area contributed by atoms with Crippen LogP contribution in [0.1, 0.15) is 0 Å². The molecule has 0 spiro atoms. The van der Waals surface area contributed by atoms with E-state index in [2.05, 4.69) is 0 Å². The molecule has 0 aliphatic carbocycles. The third-order valence-corrected chi connectivity index (χ3v) is 7.23. The first-order valence-electron chi connectivity index (χ1n) is 1.84. The SMILES string of the molecule is FC(F)[CH](F)[Sn]([Cl])([Cl])[Cl]. The maximum absolute atomic E-state index is 12.0. The Morgan fingerprint density at radius 3 is 1.33 bits per heavy atom. The van der Waals surface area contributed by atoms with Gasteiger partial charge in [0.15, 0.2) is 0 Å². The summed E-state index contributed by atoms with van der Waals surface area (Å²) in [7, 11) is 14.9. The van der Waals surface area contributed by atoms with Crippen LogP contribution in [-0.2, 0) is 0 Å². The summed E-state index contributed by atoms with van der Waals surface area (Å²) in [4.78, 5) is 0. The van der Waals surface area contributed by atoms with E-state index in [9.17, 15) is 13.2 Å². The van der Waals surface area contributed by atoms with Crippen LogP contribution in [0.15, 0.2) is 0 Å². The minimum absolute atomic E-state index is 2.51. The number of halogens is 6. The van der Waals surface area contributed by atoms with Crippen LogP contribution in [0.4, 0.5) is 13.2 Å². The zero-order chi connectivity index (χ0) is 7.65. The Kier molecular flexibility index (Phi) is 4.34. The van der Waals surface area contributed by atoms with Gasteiger partial charge in [-0.3, -0.25) is 0 Å².